The number of nitrogens with one attached hydrogen (secondary N) is 1. The molecule has 0 heterocycles. The van der Waals surface area contributed by atoms with Crippen LogP contribution in [0.5, 0.6) is 5.75 Å². The van der Waals surface area contributed by atoms with Crippen LogP contribution in [0.4, 0.5) is 4.39 Å². The van der Waals surface area contributed by atoms with Gasteiger partial charge in [0.15, 0.2) is 5.75 Å². The second kappa shape index (κ2) is 9.75. The van der Waals surface area contributed by atoms with Gasteiger partial charge in [0.1, 0.15) is 12.4 Å². The van der Waals surface area contributed by atoms with Gasteiger partial charge in [0.25, 0.3) is 0 Å². The van der Waals surface area contributed by atoms with E-state index in [1.165, 1.54) is 6.07 Å². The Morgan fingerprint density at radius 2 is 1.52 bits per heavy atom. The summed E-state index contributed by atoms with van der Waals surface area (Å²) >= 11 is 12.7. The van der Waals surface area contributed by atoms with E-state index < -0.39 is 0 Å². The molecule has 0 aliphatic carbocycles. The summed E-state index contributed by atoms with van der Waals surface area (Å²) < 4.78 is 19.4. The van der Waals surface area contributed by atoms with Crippen LogP contribution in [-0.4, -0.2) is 6.54 Å². The van der Waals surface area contributed by atoms with E-state index in [0.717, 1.165) is 11.1 Å². The van der Waals surface area contributed by atoms with E-state index in [2.05, 4.69) is 5.32 Å². The summed E-state index contributed by atoms with van der Waals surface area (Å²) in [6, 6.07) is 20.3. The highest BCUT2D eigenvalue weighted by Crippen LogP contribution is 2.34. The molecule has 0 fully saturated rings. The number of benzene rings is 3. The number of hydrogen-bond donors (Lipinski definition) is 1. The van der Waals surface area contributed by atoms with Gasteiger partial charge in [0.05, 0.1) is 10.0 Å². The molecule has 3 aromatic carbocycles. The minimum Gasteiger partial charge on any atom is -0.486 e. The Morgan fingerprint density at radius 3 is 2.22 bits per heavy atom. The molecule has 3 aromatic rings. The molecule has 0 aliphatic heterocycles. The summed E-state index contributed by atoms with van der Waals surface area (Å²) in [6.07, 6.45) is 0.617. The molecular weight excluding hydrogens is 384 g/mol. The van der Waals surface area contributed by atoms with Gasteiger partial charge in [-0.3, -0.25) is 0 Å². The van der Waals surface area contributed by atoms with Crippen LogP contribution in [0.15, 0.2) is 66.7 Å². The topological polar surface area (TPSA) is 21.3 Å². The van der Waals surface area contributed by atoms with Crippen LogP contribution in [-0.2, 0) is 19.6 Å². The molecule has 3 rings (SSSR count). The van der Waals surface area contributed by atoms with Crippen LogP contribution in [0.2, 0.25) is 10.0 Å². The maximum absolute atomic E-state index is 13.6. The van der Waals surface area contributed by atoms with Crippen LogP contribution in [0.3, 0.4) is 0 Å². The zero-order valence-corrected chi connectivity index (χ0v) is 16.2. The largest absolute Gasteiger partial charge is 0.486 e. The predicted molar refractivity (Wildman–Crippen MR) is 109 cm³/mol. The minimum absolute atomic E-state index is 0.176. The molecule has 0 saturated heterocycles. The quantitative estimate of drug-likeness (QED) is 0.462. The van der Waals surface area contributed by atoms with Crippen molar-refractivity contribution in [3.05, 3.63) is 99.3 Å². The van der Waals surface area contributed by atoms with E-state index in [-0.39, 0.29) is 5.82 Å². The van der Waals surface area contributed by atoms with Crippen molar-refractivity contribution in [1.29, 1.82) is 0 Å². The Labute approximate surface area is 168 Å². The fourth-order valence-electron chi connectivity index (χ4n) is 2.74. The second-order valence-corrected chi connectivity index (χ2v) is 7.00. The Kier molecular flexibility index (Phi) is 7.11. The van der Waals surface area contributed by atoms with Gasteiger partial charge in [-0.05, 0) is 47.9 Å². The molecular formula is C22H20Cl2FNO. The first-order valence-electron chi connectivity index (χ1n) is 8.72. The lowest BCUT2D eigenvalue weighted by Crippen LogP contribution is -2.17. The Bertz CT molecular complexity index is 863. The van der Waals surface area contributed by atoms with E-state index in [4.69, 9.17) is 27.9 Å². The Morgan fingerprint density at radius 1 is 0.852 bits per heavy atom. The number of halogens is 3. The van der Waals surface area contributed by atoms with Gasteiger partial charge < -0.3 is 10.1 Å². The fourth-order valence-corrected chi connectivity index (χ4v) is 3.38. The average molecular weight is 404 g/mol. The first kappa shape index (κ1) is 19.7. The summed E-state index contributed by atoms with van der Waals surface area (Å²) in [6.45, 7) is 1.65. The van der Waals surface area contributed by atoms with Crippen molar-refractivity contribution in [3.63, 3.8) is 0 Å². The molecule has 2 nitrogen and oxygen atoms in total. The molecule has 0 amide bonds. The summed E-state index contributed by atoms with van der Waals surface area (Å²) in [4.78, 5) is 0. The predicted octanol–water partition coefficient (Wildman–Crippen LogP) is 6.04. The van der Waals surface area contributed by atoms with E-state index in [9.17, 15) is 4.39 Å². The lowest BCUT2D eigenvalue weighted by Gasteiger charge is -2.12. The molecule has 0 spiro atoms. The number of rotatable bonds is 8. The molecule has 5 heteroatoms. The molecule has 0 radical (unpaired) electrons. The SMILES string of the molecule is Fc1ccccc1CCNCc1cc(Cl)c(OCc2ccccc2)c(Cl)c1. The molecule has 0 bridgehead atoms. The molecule has 0 aromatic heterocycles. The van der Waals surface area contributed by atoms with Gasteiger partial charge in [-0.15, -0.1) is 0 Å². The highest BCUT2D eigenvalue weighted by Gasteiger charge is 2.10. The van der Waals surface area contributed by atoms with Crippen molar-refractivity contribution in [3.8, 4) is 5.75 Å². The van der Waals surface area contributed by atoms with Crippen LogP contribution in [0.1, 0.15) is 16.7 Å². The van der Waals surface area contributed by atoms with E-state index in [1.807, 2.05) is 48.5 Å². The molecule has 140 valence electrons. The lowest BCUT2D eigenvalue weighted by atomic mass is 10.1. The maximum atomic E-state index is 13.6. The first-order chi connectivity index (χ1) is 13.1. The van der Waals surface area contributed by atoms with Crippen LogP contribution < -0.4 is 10.1 Å². The summed E-state index contributed by atoms with van der Waals surface area (Å²) in [7, 11) is 0. The number of ether oxygens (including phenoxy) is 1. The lowest BCUT2D eigenvalue weighted by molar-refractivity contribution is 0.306. The van der Waals surface area contributed by atoms with Gasteiger partial charge in [-0.2, -0.15) is 0 Å². The van der Waals surface area contributed by atoms with Gasteiger partial charge in [-0.25, -0.2) is 4.39 Å². The number of hydrogen-bond acceptors (Lipinski definition) is 2. The average Bonchev–Trinajstić information content (AvgIpc) is 2.67. The molecule has 27 heavy (non-hydrogen) atoms. The molecule has 0 saturated carbocycles. The van der Waals surface area contributed by atoms with Crippen LogP contribution in [0, 0.1) is 5.82 Å². The molecule has 0 unspecified atom stereocenters. The summed E-state index contributed by atoms with van der Waals surface area (Å²) in [5.41, 5.74) is 2.69. The van der Waals surface area contributed by atoms with Crippen molar-refractivity contribution < 1.29 is 9.13 Å². The van der Waals surface area contributed by atoms with Gasteiger partial charge >= 0.3 is 0 Å². The van der Waals surface area contributed by atoms with Crippen molar-refractivity contribution in [1.82, 2.24) is 5.32 Å². The smallest absolute Gasteiger partial charge is 0.156 e. The first-order valence-corrected chi connectivity index (χ1v) is 9.48. The van der Waals surface area contributed by atoms with Gasteiger partial charge in [0, 0.05) is 6.54 Å². The Balaban J connectivity index is 1.54. The normalized spacial score (nSPS) is 10.8. The minimum atomic E-state index is -0.176. The molecule has 1 N–H and O–H groups in total. The highest BCUT2D eigenvalue weighted by atomic mass is 35.5. The van der Waals surface area contributed by atoms with E-state index >= 15 is 0 Å². The van der Waals surface area contributed by atoms with Gasteiger partial charge in [0.2, 0.25) is 0 Å². The monoisotopic (exact) mass is 403 g/mol. The maximum Gasteiger partial charge on any atom is 0.156 e. The van der Waals surface area contributed by atoms with Crippen LogP contribution in [0.25, 0.3) is 0 Å². The summed E-state index contributed by atoms with van der Waals surface area (Å²) in [5, 5.41) is 4.24. The van der Waals surface area contributed by atoms with Crippen molar-refractivity contribution in [2.45, 2.75) is 19.6 Å². The molecule has 0 aliphatic rings. The third-order valence-corrected chi connectivity index (χ3v) is 4.70. The summed E-state index contributed by atoms with van der Waals surface area (Å²) in [5.74, 6) is 0.308. The van der Waals surface area contributed by atoms with E-state index in [0.29, 0.717) is 47.5 Å². The van der Waals surface area contributed by atoms with Gasteiger partial charge in [-0.1, -0.05) is 71.7 Å². The van der Waals surface area contributed by atoms with Crippen LogP contribution >= 0.6 is 23.2 Å². The van der Waals surface area contributed by atoms with Crippen molar-refractivity contribution >= 4 is 23.2 Å². The van der Waals surface area contributed by atoms with Crippen molar-refractivity contribution in [2.24, 2.45) is 0 Å². The third kappa shape index (κ3) is 5.70. The zero-order valence-electron chi connectivity index (χ0n) is 14.7. The highest BCUT2D eigenvalue weighted by molar-refractivity contribution is 6.37. The third-order valence-electron chi connectivity index (χ3n) is 4.14. The molecule has 0 atom stereocenters. The zero-order chi connectivity index (χ0) is 19.1. The Hall–Kier alpha value is -2.07. The van der Waals surface area contributed by atoms with E-state index in [1.54, 1.807) is 12.1 Å². The standard InChI is InChI=1S/C22H20Cl2FNO/c23-19-12-17(14-26-11-10-18-8-4-5-9-21(18)25)13-20(24)22(19)27-15-16-6-2-1-3-7-16/h1-9,12-13,26H,10-11,14-15H2. The fraction of sp³-hybridized carbons (Fsp3) is 0.182. The van der Waals surface area contributed by atoms with Crippen molar-refractivity contribution in [2.75, 3.05) is 6.54 Å². The second-order valence-electron chi connectivity index (χ2n) is 6.18.